The summed E-state index contributed by atoms with van der Waals surface area (Å²) >= 11 is 3.36. The zero-order valence-electron chi connectivity index (χ0n) is 7.56. The van der Waals surface area contributed by atoms with Gasteiger partial charge in [0.15, 0.2) is 0 Å². The van der Waals surface area contributed by atoms with E-state index in [1.165, 1.54) is 0 Å². The van der Waals surface area contributed by atoms with E-state index in [9.17, 15) is 4.39 Å². The second kappa shape index (κ2) is 3.09. The molecule has 0 N–H and O–H groups in total. The van der Waals surface area contributed by atoms with Crippen LogP contribution in [0, 0.1) is 5.92 Å². The van der Waals surface area contributed by atoms with Crippen LogP contribution >= 0.6 is 15.9 Å². The fourth-order valence-corrected chi connectivity index (χ4v) is 2.05. The van der Waals surface area contributed by atoms with E-state index in [0.717, 1.165) is 22.9 Å². The van der Waals surface area contributed by atoms with Crippen molar-refractivity contribution < 1.29 is 4.39 Å². The maximum absolute atomic E-state index is 14.2. The van der Waals surface area contributed by atoms with Gasteiger partial charge in [0.25, 0.3) is 0 Å². The average Bonchev–Trinajstić information content (AvgIpc) is 2.86. The van der Waals surface area contributed by atoms with Gasteiger partial charge in [0, 0.05) is 4.47 Å². The molecule has 0 aliphatic heterocycles. The van der Waals surface area contributed by atoms with Gasteiger partial charge in [0.1, 0.15) is 5.67 Å². The fourth-order valence-electron chi connectivity index (χ4n) is 1.65. The molecule has 1 unspecified atom stereocenters. The zero-order chi connectivity index (χ0) is 9.47. The number of rotatable bonds is 2. The lowest BCUT2D eigenvalue weighted by atomic mass is 9.93. The molecule has 0 nitrogen and oxygen atoms in total. The van der Waals surface area contributed by atoms with E-state index in [0.29, 0.717) is 0 Å². The highest BCUT2D eigenvalue weighted by Gasteiger charge is 2.43. The molecule has 1 aliphatic rings. The Morgan fingerprint density at radius 3 is 2.69 bits per heavy atom. The molecule has 2 rings (SSSR count). The molecule has 70 valence electrons. The van der Waals surface area contributed by atoms with E-state index in [2.05, 4.69) is 15.9 Å². The molecule has 0 aromatic heterocycles. The molecule has 1 aromatic carbocycles. The number of alkyl halides is 1. The summed E-state index contributed by atoms with van der Waals surface area (Å²) in [5.41, 5.74) is -0.339. The molecule has 1 aliphatic carbocycles. The van der Waals surface area contributed by atoms with Crippen LogP contribution < -0.4 is 0 Å². The number of halogens is 2. The SMILES string of the molecule is CC(F)(c1cccc(Br)c1)C1CC1. The van der Waals surface area contributed by atoms with Gasteiger partial charge in [-0.05, 0) is 43.4 Å². The maximum Gasteiger partial charge on any atom is 0.136 e. The van der Waals surface area contributed by atoms with Crippen molar-refractivity contribution in [2.75, 3.05) is 0 Å². The molecule has 1 aromatic rings. The van der Waals surface area contributed by atoms with Gasteiger partial charge in [-0.1, -0.05) is 28.1 Å². The molecular weight excluding hydrogens is 231 g/mol. The molecule has 0 amide bonds. The van der Waals surface area contributed by atoms with Crippen LogP contribution in [-0.2, 0) is 5.67 Å². The van der Waals surface area contributed by atoms with Crippen LogP contribution in [0.25, 0.3) is 0 Å². The zero-order valence-corrected chi connectivity index (χ0v) is 9.14. The topological polar surface area (TPSA) is 0 Å². The van der Waals surface area contributed by atoms with Gasteiger partial charge >= 0.3 is 0 Å². The number of benzene rings is 1. The molecule has 1 atom stereocenters. The third-order valence-corrected chi connectivity index (χ3v) is 3.23. The molecule has 1 fully saturated rings. The first-order chi connectivity index (χ1) is 6.10. The Bertz CT molecular complexity index is 316. The van der Waals surface area contributed by atoms with Gasteiger partial charge in [0.2, 0.25) is 0 Å². The predicted octanol–water partition coefficient (Wildman–Crippen LogP) is 4.04. The molecule has 2 heteroatoms. The summed E-state index contributed by atoms with van der Waals surface area (Å²) in [6, 6.07) is 7.55. The monoisotopic (exact) mass is 242 g/mol. The minimum atomic E-state index is -1.14. The van der Waals surface area contributed by atoms with E-state index >= 15 is 0 Å². The minimum Gasteiger partial charge on any atom is -0.239 e. The number of hydrogen-bond acceptors (Lipinski definition) is 0. The van der Waals surface area contributed by atoms with Crippen LogP contribution in [0.1, 0.15) is 25.3 Å². The highest BCUT2D eigenvalue weighted by atomic mass is 79.9. The molecular formula is C11H12BrF. The summed E-state index contributed by atoms with van der Waals surface area (Å²) in [6.07, 6.45) is 2.05. The number of hydrogen-bond donors (Lipinski definition) is 0. The van der Waals surface area contributed by atoms with Crippen molar-refractivity contribution in [2.45, 2.75) is 25.4 Å². The van der Waals surface area contributed by atoms with Crippen molar-refractivity contribution in [3.05, 3.63) is 34.3 Å². The molecule has 13 heavy (non-hydrogen) atoms. The highest BCUT2D eigenvalue weighted by molar-refractivity contribution is 9.10. The van der Waals surface area contributed by atoms with Gasteiger partial charge in [0.05, 0.1) is 0 Å². The first kappa shape index (κ1) is 9.20. The minimum absolute atomic E-state index is 0.238. The van der Waals surface area contributed by atoms with Crippen LogP contribution in [0.2, 0.25) is 0 Å². The summed E-state index contributed by atoms with van der Waals surface area (Å²) in [5.74, 6) is 0.238. The Hall–Kier alpha value is -0.370. The van der Waals surface area contributed by atoms with Crippen LogP contribution in [0.4, 0.5) is 4.39 Å². The van der Waals surface area contributed by atoms with Crippen LogP contribution in [0.15, 0.2) is 28.7 Å². The molecule has 0 bridgehead atoms. The first-order valence-corrected chi connectivity index (χ1v) is 5.35. The van der Waals surface area contributed by atoms with E-state index in [4.69, 9.17) is 0 Å². The highest BCUT2D eigenvalue weighted by Crippen LogP contribution is 2.48. The Morgan fingerprint density at radius 1 is 1.46 bits per heavy atom. The lowest BCUT2D eigenvalue weighted by molar-refractivity contribution is 0.158. The van der Waals surface area contributed by atoms with Crippen molar-refractivity contribution in [1.82, 2.24) is 0 Å². The summed E-state index contributed by atoms with van der Waals surface area (Å²) in [7, 11) is 0. The molecule has 1 saturated carbocycles. The Kier molecular flexibility index (Phi) is 2.18. The van der Waals surface area contributed by atoms with E-state index in [1.54, 1.807) is 6.92 Å². The smallest absolute Gasteiger partial charge is 0.136 e. The molecule has 0 heterocycles. The molecule has 0 spiro atoms. The van der Waals surface area contributed by atoms with Crippen molar-refractivity contribution in [3.8, 4) is 0 Å². The standard InChI is InChI=1S/C11H12BrF/c1-11(13,8-5-6-8)9-3-2-4-10(12)7-9/h2-4,7-8H,5-6H2,1H3. The van der Waals surface area contributed by atoms with Crippen molar-refractivity contribution in [3.63, 3.8) is 0 Å². The van der Waals surface area contributed by atoms with Crippen molar-refractivity contribution >= 4 is 15.9 Å². The summed E-state index contributed by atoms with van der Waals surface area (Å²) in [4.78, 5) is 0. The Morgan fingerprint density at radius 2 is 2.15 bits per heavy atom. The molecule has 0 radical (unpaired) electrons. The third-order valence-electron chi connectivity index (χ3n) is 2.73. The fraction of sp³-hybridized carbons (Fsp3) is 0.455. The second-order valence-electron chi connectivity index (χ2n) is 3.86. The van der Waals surface area contributed by atoms with Gasteiger partial charge in [-0.15, -0.1) is 0 Å². The van der Waals surface area contributed by atoms with Crippen molar-refractivity contribution in [2.24, 2.45) is 5.92 Å². The first-order valence-electron chi connectivity index (χ1n) is 4.55. The predicted molar refractivity (Wildman–Crippen MR) is 55.3 cm³/mol. The average molecular weight is 243 g/mol. The lowest BCUT2D eigenvalue weighted by Crippen LogP contribution is -2.17. The normalized spacial score (nSPS) is 21.2. The van der Waals surface area contributed by atoms with E-state index in [-0.39, 0.29) is 5.92 Å². The van der Waals surface area contributed by atoms with Gasteiger partial charge in [-0.25, -0.2) is 4.39 Å². The van der Waals surface area contributed by atoms with Crippen LogP contribution in [-0.4, -0.2) is 0 Å². The van der Waals surface area contributed by atoms with E-state index < -0.39 is 5.67 Å². The summed E-state index contributed by atoms with van der Waals surface area (Å²) < 4.78 is 15.1. The second-order valence-corrected chi connectivity index (χ2v) is 4.78. The third kappa shape index (κ3) is 1.78. The molecule has 0 saturated heterocycles. The summed E-state index contributed by atoms with van der Waals surface area (Å²) in [6.45, 7) is 1.69. The maximum atomic E-state index is 14.2. The Balaban J connectivity index is 2.33. The summed E-state index contributed by atoms with van der Waals surface area (Å²) in [5, 5.41) is 0. The van der Waals surface area contributed by atoms with Gasteiger partial charge in [-0.3, -0.25) is 0 Å². The quantitative estimate of drug-likeness (QED) is 0.735. The Labute approximate surface area is 86.3 Å². The van der Waals surface area contributed by atoms with Gasteiger partial charge < -0.3 is 0 Å². The largest absolute Gasteiger partial charge is 0.239 e. The van der Waals surface area contributed by atoms with E-state index in [1.807, 2.05) is 24.3 Å². The van der Waals surface area contributed by atoms with Crippen LogP contribution in [0.3, 0.4) is 0 Å². The van der Waals surface area contributed by atoms with Gasteiger partial charge in [-0.2, -0.15) is 0 Å². The van der Waals surface area contributed by atoms with Crippen LogP contribution in [0.5, 0.6) is 0 Å². The van der Waals surface area contributed by atoms with Crippen molar-refractivity contribution in [1.29, 1.82) is 0 Å². The lowest BCUT2D eigenvalue weighted by Gasteiger charge is -2.20.